The summed E-state index contributed by atoms with van der Waals surface area (Å²) in [5.74, 6) is 0. The van der Waals surface area contributed by atoms with Gasteiger partial charge in [0.2, 0.25) is 0 Å². The molecule has 1 saturated heterocycles. The first-order chi connectivity index (χ1) is 13.1. The normalized spacial score (nSPS) is 14.7. The average Bonchev–Trinajstić information content (AvgIpc) is 2.72. The van der Waals surface area contributed by atoms with Gasteiger partial charge in [0.25, 0.3) is 5.69 Å². The second-order valence-electron chi connectivity index (χ2n) is 6.27. The zero-order valence-electron chi connectivity index (χ0n) is 14.7. The second kappa shape index (κ2) is 9.38. The van der Waals surface area contributed by atoms with Crippen molar-refractivity contribution in [3.63, 3.8) is 0 Å². The first kappa shape index (κ1) is 19.2. The lowest BCUT2D eigenvalue weighted by Gasteiger charge is -2.31. The van der Waals surface area contributed by atoms with Gasteiger partial charge in [0.1, 0.15) is 6.61 Å². The number of hydrogen-bond donors (Lipinski definition) is 1. The predicted octanol–water partition coefficient (Wildman–Crippen LogP) is 3.99. The lowest BCUT2D eigenvalue weighted by molar-refractivity contribution is -0.384. The van der Waals surface area contributed by atoms with Crippen molar-refractivity contribution in [2.45, 2.75) is 30.4 Å². The van der Waals surface area contributed by atoms with Crippen molar-refractivity contribution in [3.05, 3.63) is 70.3 Å². The molecule has 8 heteroatoms. The van der Waals surface area contributed by atoms with E-state index in [1.165, 1.54) is 24.1 Å². The molecule has 2 aromatic carbocycles. The van der Waals surface area contributed by atoms with Crippen molar-refractivity contribution in [1.82, 2.24) is 9.62 Å². The summed E-state index contributed by atoms with van der Waals surface area (Å²) in [6.07, 6.45) is 1.39. The van der Waals surface area contributed by atoms with Gasteiger partial charge >= 0.3 is 6.09 Å². The number of nitro groups is 1. The summed E-state index contributed by atoms with van der Waals surface area (Å²) in [5.41, 5.74) is 1.06. The molecule has 1 heterocycles. The minimum atomic E-state index is -0.408. The number of ether oxygens (including phenoxy) is 1. The highest BCUT2D eigenvalue weighted by Gasteiger charge is 2.23. The van der Waals surface area contributed by atoms with Crippen LogP contribution in [0.1, 0.15) is 18.4 Å². The Bertz CT molecular complexity index is 762. The van der Waals surface area contributed by atoms with Gasteiger partial charge in [-0.25, -0.2) is 4.79 Å². The van der Waals surface area contributed by atoms with Crippen LogP contribution in [-0.2, 0) is 11.3 Å². The Balaban J connectivity index is 1.38. The fourth-order valence-corrected chi connectivity index (χ4v) is 3.59. The fraction of sp³-hybridized carbons (Fsp3) is 0.316. The molecule has 2 aromatic rings. The Labute approximate surface area is 162 Å². The number of non-ortho nitro benzene ring substituents is 1. The Morgan fingerprint density at radius 1 is 1.15 bits per heavy atom. The Kier molecular flexibility index (Phi) is 6.67. The quantitative estimate of drug-likeness (QED) is 0.458. The number of amides is 1. The van der Waals surface area contributed by atoms with Crippen LogP contribution in [0.3, 0.4) is 0 Å². The summed E-state index contributed by atoms with van der Waals surface area (Å²) in [4.78, 5) is 25.1. The van der Waals surface area contributed by atoms with Crippen molar-refractivity contribution in [2.24, 2.45) is 0 Å². The van der Waals surface area contributed by atoms with Crippen LogP contribution in [-0.4, -0.2) is 35.0 Å². The number of nitrogens with zero attached hydrogens (tertiary/aromatic N) is 2. The number of benzene rings is 2. The SMILES string of the molecule is O=C(OCc1ccccc1)N1CCC(NSc2ccc([N+](=O)[O-])cc2)CC1. The Morgan fingerprint density at radius 3 is 2.44 bits per heavy atom. The zero-order valence-corrected chi connectivity index (χ0v) is 15.6. The fourth-order valence-electron chi connectivity index (χ4n) is 2.78. The third-order valence-electron chi connectivity index (χ3n) is 4.35. The van der Waals surface area contributed by atoms with Crippen LogP contribution in [0, 0.1) is 10.1 Å². The number of likely N-dealkylation sites (tertiary alicyclic amines) is 1. The van der Waals surface area contributed by atoms with E-state index in [-0.39, 0.29) is 24.4 Å². The van der Waals surface area contributed by atoms with Crippen molar-refractivity contribution < 1.29 is 14.5 Å². The molecule has 0 bridgehead atoms. The van der Waals surface area contributed by atoms with Crippen LogP contribution in [0.4, 0.5) is 10.5 Å². The topological polar surface area (TPSA) is 84.7 Å². The largest absolute Gasteiger partial charge is 0.445 e. The summed E-state index contributed by atoms with van der Waals surface area (Å²) in [5, 5.41) is 10.7. The molecular weight excluding hydrogens is 366 g/mol. The number of piperidine rings is 1. The van der Waals surface area contributed by atoms with Crippen LogP contribution in [0.25, 0.3) is 0 Å². The molecule has 0 aliphatic carbocycles. The highest BCUT2D eigenvalue weighted by molar-refractivity contribution is 7.97. The summed E-state index contributed by atoms with van der Waals surface area (Å²) in [6.45, 7) is 1.58. The van der Waals surface area contributed by atoms with E-state index in [0.29, 0.717) is 13.1 Å². The first-order valence-corrected chi connectivity index (χ1v) is 9.56. The van der Waals surface area contributed by atoms with Crippen LogP contribution in [0.5, 0.6) is 0 Å². The van der Waals surface area contributed by atoms with Crippen molar-refractivity contribution >= 4 is 23.7 Å². The molecule has 0 unspecified atom stereocenters. The van der Waals surface area contributed by atoms with Gasteiger partial charge in [-0.15, -0.1) is 0 Å². The number of nitrogens with one attached hydrogen (secondary N) is 1. The number of nitro benzene ring substituents is 1. The Hall–Kier alpha value is -2.58. The molecule has 1 fully saturated rings. The monoisotopic (exact) mass is 387 g/mol. The maximum absolute atomic E-state index is 12.2. The number of rotatable bonds is 6. The maximum Gasteiger partial charge on any atom is 0.410 e. The van der Waals surface area contributed by atoms with Crippen LogP contribution in [0.2, 0.25) is 0 Å². The van der Waals surface area contributed by atoms with Crippen LogP contribution < -0.4 is 4.72 Å². The molecule has 0 saturated carbocycles. The van der Waals surface area contributed by atoms with Crippen LogP contribution >= 0.6 is 11.9 Å². The average molecular weight is 387 g/mol. The van der Waals surface area contributed by atoms with Gasteiger partial charge in [-0.2, -0.15) is 0 Å². The van der Waals surface area contributed by atoms with E-state index in [0.717, 1.165) is 23.3 Å². The van der Waals surface area contributed by atoms with Gasteiger partial charge in [0.15, 0.2) is 0 Å². The molecule has 0 radical (unpaired) electrons. The van der Waals surface area contributed by atoms with Gasteiger partial charge in [0.05, 0.1) is 4.92 Å². The lowest BCUT2D eigenvalue weighted by atomic mass is 10.1. The summed E-state index contributed by atoms with van der Waals surface area (Å²) >= 11 is 1.46. The van der Waals surface area contributed by atoms with Crippen molar-refractivity contribution in [2.75, 3.05) is 13.1 Å². The standard InChI is InChI=1S/C19H21N3O4S/c23-19(26-14-15-4-2-1-3-5-15)21-12-10-16(11-13-21)20-27-18-8-6-17(7-9-18)22(24)25/h1-9,16,20H,10-14H2. The number of carbonyl (C=O) groups is 1. The highest BCUT2D eigenvalue weighted by Crippen LogP contribution is 2.22. The highest BCUT2D eigenvalue weighted by atomic mass is 32.2. The van der Waals surface area contributed by atoms with Gasteiger partial charge < -0.3 is 9.64 Å². The Morgan fingerprint density at radius 2 is 1.81 bits per heavy atom. The van der Waals surface area contributed by atoms with E-state index in [4.69, 9.17) is 4.74 Å². The smallest absolute Gasteiger partial charge is 0.410 e. The van der Waals surface area contributed by atoms with E-state index in [1.807, 2.05) is 30.3 Å². The van der Waals surface area contributed by atoms with E-state index >= 15 is 0 Å². The van der Waals surface area contributed by atoms with E-state index in [1.54, 1.807) is 17.0 Å². The first-order valence-electron chi connectivity index (χ1n) is 8.74. The van der Waals surface area contributed by atoms with Gasteiger partial charge in [-0.05, 0) is 42.5 Å². The second-order valence-corrected chi connectivity index (χ2v) is 7.18. The van der Waals surface area contributed by atoms with Crippen molar-refractivity contribution in [1.29, 1.82) is 0 Å². The maximum atomic E-state index is 12.2. The molecular formula is C19H21N3O4S. The zero-order chi connectivity index (χ0) is 19.1. The minimum Gasteiger partial charge on any atom is -0.445 e. The molecule has 27 heavy (non-hydrogen) atoms. The molecule has 1 amide bonds. The van der Waals surface area contributed by atoms with Gasteiger partial charge in [-0.1, -0.05) is 30.3 Å². The molecule has 0 spiro atoms. The minimum absolute atomic E-state index is 0.0849. The third-order valence-corrected chi connectivity index (χ3v) is 5.31. The molecule has 0 atom stereocenters. The third kappa shape index (κ3) is 5.70. The summed E-state index contributed by atoms with van der Waals surface area (Å²) < 4.78 is 8.74. The lowest BCUT2D eigenvalue weighted by Crippen LogP contribution is -2.43. The van der Waals surface area contributed by atoms with Crippen LogP contribution in [0.15, 0.2) is 59.5 Å². The molecule has 142 valence electrons. The molecule has 1 N–H and O–H groups in total. The molecule has 3 rings (SSSR count). The summed E-state index contributed by atoms with van der Waals surface area (Å²) in [7, 11) is 0. The number of hydrogen-bond acceptors (Lipinski definition) is 6. The molecule has 1 aliphatic rings. The van der Waals surface area contributed by atoms with E-state index in [9.17, 15) is 14.9 Å². The summed E-state index contributed by atoms with van der Waals surface area (Å²) in [6, 6.07) is 16.4. The van der Waals surface area contributed by atoms with Crippen molar-refractivity contribution in [3.8, 4) is 0 Å². The predicted molar refractivity (Wildman–Crippen MR) is 103 cm³/mol. The van der Waals surface area contributed by atoms with E-state index < -0.39 is 4.92 Å². The molecule has 1 aliphatic heterocycles. The van der Waals surface area contributed by atoms with Gasteiger partial charge in [0, 0.05) is 36.2 Å². The van der Waals surface area contributed by atoms with Gasteiger partial charge in [-0.3, -0.25) is 14.8 Å². The van der Waals surface area contributed by atoms with E-state index in [2.05, 4.69) is 4.72 Å². The molecule has 7 nitrogen and oxygen atoms in total. The molecule has 0 aromatic heterocycles. The number of carbonyl (C=O) groups excluding carboxylic acids is 1.